The van der Waals surface area contributed by atoms with Crippen molar-refractivity contribution in [3.05, 3.63) is 45.4 Å². The molecule has 100 valence electrons. The van der Waals surface area contributed by atoms with Crippen LogP contribution in [0.15, 0.2) is 23.6 Å². The van der Waals surface area contributed by atoms with Gasteiger partial charge >= 0.3 is 0 Å². The summed E-state index contributed by atoms with van der Waals surface area (Å²) in [5.41, 5.74) is 9.42. The Bertz CT molecular complexity index is 565. The highest BCUT2D eigenvalue weighted by atomic mass is 32.1. The fourth-order valence-electron chi connectivity index (χ4n) is 2.45. The van der Waals surface area contributed by atoms with Crippen LogP contribution < -0.4 is 10.5 Å². The van der Waals surface area contributed by atoms with Crippen LogP contribution in [0.25, 0.3) is 0 Å². The van der Waals surface area contributed by atoms with Crippen LogP contribution in [0.4, 0.5) is 0 Å². The molecule has 1 aliphatic carbocycles. The zero-order valence-electron chi connectivity index (χ0n) is 10.9. The van der Waals surface area contributed by atoms with Crippen molar-refractivity contribution in [3.8, 4) is 5.75 Å². The van der Waals surface area contributed by atoms with E-state index in [1.165, 1.54) is 36.8 Å². The van der Waals surface area contributed by atoms with Gasteiger partial charge in [-0.2, -0.15) is 0 Å². The van der Waals surface area contributed by atoms with Gasteiger partial charge in [0, 0.05) is 11.9 Å². The molecule has 3 nitrogen and oxygen atoms in total. The van der Waals surface area contributed by atoms with Crippen molar-refractivity contribution in [1.29, 1.82) is 0 Å². The minimum atomic E-state index is 0.495. The van der Waals surface area contributed by atoms with Gasteiger partial charge in [-0.05, 0) is 48.9 Å². The van der Waals surface area contributed by atoms with Crippen molar-refractivity contribution >= 4 is 11.3 Å². The summed E-state index contributed by atoms with van der Waals surface area (Å²) in [6, 6.07) is 6.46. The van der Waals surface area contributed by atoms with Crippen LogP contribution >= 0.6 is 11.3 Å². The summed E-state index contributed by atoms with van der Waals surface area (Å²) in [5, 5.41) is 2.98. The Labute approximate surface area is 117 Å². The van der Waals surface area contributed by atoms with Crippen LogP contribution in [-0.4, -0.2) is 4.98 Å². The smallest absolute Gasteiger partial charge is 0.140 e. The summed E-state index contributed by atoms with van der Waals surface area (Å²) in [5.74, 6) is 0.949. The number of fused-ring (bicyclic) bond motifs is 1. The van der Waals surface area contributed by atoms with Crippen LogP contribution in [0.2, 0.25) is 0 Å². The van der Waals surface area contributed by atoms with Gasteiger partial charge in [0.25, 0.3) is 0 Å². The van der Waals surface area contributed by atoms with Crippen molar-refractivity contribution in [1.82, 2.24) is 4.98 Å². The highest BCUT2D eigenvalue weighted by Crippen LogP contribution is 2.26. The maximum Gasteiger partial charge on any atom is 0.140 e. The number of nitrogens with two attached hydrogens (primary N) is 1. The lowest BCUT2D eigenvalue weighted by Gasteiger charge is -2.16. The van der Waals surface area contributed by atoms with Gasteiger partial charge in [-0.15, -0.1) is 11.3 Å². The van der Waals surface area contributed by atoms with Gasteiger partial charge in [-0.25, -0.2) is 4.98 Å². The van der Waals surface area contributed by atoms with E-state index in [0.717, 1.165) is 16.5 Å². The van der Waals surface area contributed by atoms with Crippen LogP contribution in [0, 0.1) is 0 Å². The number of nitrogens with zero attached hydrogens (tertiary/aromatic N) is 1. The van der Waals surface area contributed by atoms with Gasteiger partial charge in [0.05, 0.1) is 5.69 Å². The number of aryl methyl sites for hydroxylation is 2. The number of hydrogen-bond acceptors (Lipinski definition) is 4. The number of hydrogen-bond donors (Lipinski definition) is 1. The molecule has 0 saturated carbocycles. The van der Waals surface area contributed by atoms with Crippen LogP contribution in [0.1, 0.15) is 34.7 Å². The molecule has 3 rings (SSSR count). The molecule has 0 radical (unpaired) electrons. The molecule has 0 unspecified atom stereocenters. The van der Waals surface area contributed by atoms with Crippen LogP contribution in [-0.2, 0) is 26.0 Å². The highest BCUT2D eigenvalue weighted by molar-refractivity contribution is 7.09. The highest BCUT2D eigenvalue weighted by Gasteiger charge is 2.10. The second kappa shape index (κ2) is 5.72. The zero-order chi connectivity index (χ0) is 13.1. The summed E-state index contributed by atoms with van der Waals surface area (Å²) in [6.45, 7) is 1.03. The molecule has 1 heterocycles. The predicted octanol–water partition coefficient (Wildman–Crippen LogP) is 3.06. The van der Waals surface area contributed by atoms with E-state index in [9.17, 15) is 0 Å². The molecule has 2 aromatic rings. The average molecular weight is 274 g/mol. The first kappa shape index (κ1) is 12.6. The molecule has 0 aliphatic heterocycles. The topological polar surface area (TPSA) is 48.1 Å². The van der Waals surface area contributed by atoms with E-state index in [-0.39, 0.29) is 0 Å². The van der Waals surface area contributed by atoms with Gasteiger partial charge in [-0.3, -0.25) is 0 Å². The van der Waals surface area contributed by atoms with Crippen molar-refractivity contribution in [2.45, 2.75) is 38.8 Å². The predicted molar refractivity (Wildman–Crippen MR) is 77.4 cm³/mol. The second-order valence-corrected chi connectivity index (χ2v) is 5.81. The Hall–Kier alpha value is -1.39. The van der Waals surface area contributed by atoms with E-state index in [0.29, 0.717) is 13.2 Å². The maximum atomic E-state index is 5.82. The molecule has 0 amide bonds. The first-order valence-corrected chi connectivity index (χ1v) is 7.61. The molecule has 0 spiro atoms. The summed E-state index contributed by atoms with van der Waals surface area (Å²) >= 11 is 1.61. The molecule has 0 fully saturated rings. The van der Waals surface area contributed by atoms with Gasteiger partial charge in [0.2, 0.25) is 0 Å². The van der Waals surface area contributed by atoms with Crippen molar-refractivity contribution < 1.29 is 4.74 Å². The molecule has 0 saturated heterocycles. The average Bonchev–Trinajstić information content (AvgIpc) is 2.93. The lowest BCUT2D eigenvalue weighted by atomic mass is 9.92. The molecule has 19 heavy (non-hydrogen) atoms. The summed E-state index contributed by atoms with van der Waals surface area (Å²) in [6.07, 6.45) is 5.00. The molecule has 1 aromatic carbocycles. The first-order valence-electron chi connectivity index (χ1n) is 6.73. The fourth-order valence-corrected chi connectivity index (χ4v) is 3.17. The minimum Gasteiger partial charge on any atom is -0.486 e. The lowest BCUT2D eigenvalue weighted by molar-refractivity contribution is 0.304. The maximum absolute atomic E-state index is 5.82. The standard InChI is InChI=1S/C15H18N2OS/c16-8-13-10-19-15(17-13)9-18-14-6-5-11-3-1-2-4-12(11)7-14/h5-7,10H,1-4,8-9,16H2. The third-order valence-electron chi connectivity index (χ3n) is 3.49. The number of rotatable bonds is 4. The second-order valence-electron chi connectivity index (χ2n) is 4.86. The van der Waals surface area contributed by atoms with E-state index in [4.69, 9.17) is 10.5 Å². The molecule has 0 atom stereocenters. The first-order chi connectivity index (χ1) is 9.35. The fraction of sp³-hybridized carbons (Fsp3) is 0.400. The molecule has 4 heteroatoms. The number of benzene rings is 1. The molecule has 1 aromatic heterocycles. The van der Waals surface area contributed by atoms with Gasteiger partial charge in [0.1, 0.15) is 17.4 Å². The van der Waals surface area contributed by atoms with E-state index >= 15 is 0 Å². The van der Waals surface area contributed by atoms with E-state index in [1.807, 2.05) is 5.38 Å². The van der Waals surface area contributed by atoms with E-state index in [1.54, 1.807) is 11.3 Å². The molecule has 1 aliphatic rings. The molecule has 0 bridgehead atoms. The van der Waals surface area contributed by atoms with Crippen LogP contribution in [0.3, 0.4) is 0 Å². The Morgan fingerprint density at radius 3 is 2.84 bits per heavy atom. The Morgan fingerprint density at radius 2 is 2.05 bits per heavy atom. The lowest BCUT2D eigenvalue weighted by Crippen LogP contribution is -2.03. The monoisotopic (exact) mass is 274 g/mol. The number of aromatic nitrogens is 1. The largest absolute Gasteiger partial charge is 0.486 e. The molecular weight excluding hydrogens is 256 g/mol. The zero-order valence-corrected chi connectivity index (χ0v) is 11.7. The normalized spacial score (nSPS) is 14.2. The third kappa shape index (κ3) is 2.96. The van der Waals surface area contributed by atoms with Crippen LogP contribution in [0.5, 0.6) is 5.75 Å². The Morgan fingerprint density at radius 1 is 1.21 bits per heavy atom. The van der Waals surface area contributed by atoms with Gasteiger partial charge in [0.15, 0.2) is 0 Å². The van der Waals surface area contributed by atoms with Crippen molar-refractivity contribution in [3.63, 3.8) is 0 Å². The quantitative estimate of drug-likeness (QED) is 0.932. The number of thiazole rings is 1. The van der Waals surface area contributed by atoms with Crippen molar-refractivity contribution in [2.24, 2.45) is 5.73 Å². The summed E-state index contributed by atoms with van der Waals surface area (Å²) in [7, 11) is 0. The SMILES string of the molecule is NCc1csc(COc2ccc3c(c2)CCCC3)n1. The Balaban J connectivity index is 1.66. The van der Waals surface area contributed by atoms with Gasteiger partial charge in [-0.1, -0.05) is 6.07 Å². The Kier molecular flexibility index (Phi) is 3.80. The van der Waals surface area contributed by atoms with E-state index in [2.05, 4.69) is 23.2 Å². The summed E-state index contributed by atoms with van der Waals surface area (Å²) < 4.78 is 5.82. The summed E-state index contributed by atoms with van der Waals surface area (Å²) in [4.78, 5) is 4.40. The molecular formula is C15H18N2OS. The molecule has 2 N–H and O–H groups in total. The number of ether oxygens (including phenoxy) is 1. The third-order valence-corrected chi connectivity index (χ3v) is 4.36. The van der Waals surface area contributed by atoms with E-state index < -0.39 is 0 Å². The minimum absolute atomic E-state index is 0.495. The van der Waals surface area contributed by atoms with Gasteiger partial charge < -0.3 is 10.5 Å². The van der Waals surface area contributed by atoms with Crippen molar-refractivity contribution in [2.75, 3.05) is 0 Å².